The minimum Gasteiger partial charge on any atom is -0.319 e. The second kappa shape index (κ2) is 12.5. The Morgan fingerprint density at radius 2 is 1.30 bits per heavy atom. The van der Waals surface area contributed by atoms with E-state index in [9.17, 15) is 8.42 Å². The minimum atomic E-state index is -3.56. The van der Waals surface area contributed by atoms with Crippen LogP contribution in [-0.2, 0) is 28.5 Å². The summed E-state index contributed by atoms with van der Waals surface area (Å²) in [6.45, 7) is 0.203. The molecule has 1 N–H and O–H groups in total. The molecule has 0 saturated heterocycles. The monoisotopic (exact) mass is 567 g/mol. The fraction of sp³-hybridized carbons (Fsp3) is 0.121. The van der Waals surface area contributed by atoms with E-state index in [1.165, 1.54) is 5.41 Å². The fourth-order valence-electron chi connectivity index (χ4n) is 4.92. The number of allylic oxidation sites excluding steroid dienone is 1. The third-order valence-electron chi connectivity index (χ3n) is 6.83. The van der Waals surface area contributed by atoms with Gasteiger partial charge in [0.2, 0.25) is 10.0 Å². The highest BCUT2D eigenvalue weighted by Gasteiger charge is 2.38. The summed E-state index contributed by atoms with van der Waals surface area (Å²) < 4.78 is 29.6. The molecule has 5 aromatic rings. The van der Waals surface area contributed by atoms with Gasteiger partial charge in [0.15, 0.2) is 0 Å². The van der Waals surface area contributed by atoms with Crippen LogP contribution in [0.3, 0.4) is 0 Å². The summed E-state index contributed by atoms with van der Waals surface area (Å²) in [7, 11) is -3.56. The van der Waals surface area contributed by atoms with Crippen molar-refractivity contribution in [3.05, 3.63) is 172 Å². The number of benzene rings is 4. The van der Waals surface area contributed by atoms with Gasteiger partial charge in [-0.3, -0.25) is 0 Å². The first-order chi connectivity index (χ1) is 19.5. The molecule has 1 aromatic heterocycles. The van der Waals surface area contributed by atoms with Crippen molar-refractivity contribution in [2.45, 2.75) is 24.9 Å². The number of hydrogen-bond donors (Lipinski definition) is 1. The summed E-state index contributed by atoms with van der Waals surface area (Å²) in [4.78, 5) is 4.73. The highest BCUT2D eigenvalue weighted by molar-refractivity contribution is 7.92. The number of nitrogens with one attached hydrogen (secondary N) is 1. The first kappa shape index (κ1) is 27.6. The first-order valence-corrected chi connectivity index (χ1v) is 15.0. The van der Waals surface area contributed by atoms with Gasteiger partial charge in [-0.05, 0) is 47.2 Å². The number of hydrogen-bond acceptors (Lipinski definition) is 3. The first-order valence-electron chi connectivity index (χ1n) is 13.1. The van der Waals surface area contributed by atoms with Crippen molar-refractivity contribution < 1.29 is 8.42 Å². The molecular weight excluding hydrogens is 538 g/mol. The molecule has 0 unspecified atom stereocenters. The van der Waals surface area contributed by atoms with E-state index in [0.29, 0.717) is 17.9 Å². The average Bonchev–Trinajstić information content (AvgIpc) is 3.46. The number of nitrogens with zero attached hydrogens (tertiary/aromatic N) is 2. The molecule has 0 amide bonds. The van der Waals surface area contributed by atoms with E-state index in [4.69, 9.17) is 16.6 Å². The van der Waals surface area contributed by atoms with Gasteiger partial charge in [-0.25, -0.2) is 18.1 Å². The molecule has 0 aliphatic carbocycles. The van der Waals surface area contributed by atoms with Crippen LogP contribution < -0.4 is 4.72 Å². The van der Waals surface area contributed by atoms with E-state index in [-0.39, 0.29) is 6.54 Å². The zero-order chi connectivity index (χ0) is 27.8. The fourth-order valence-corrected chi connectivity index (χ4v) is 5.90. The van der Waals surface area contributed by atoms with Gasteiger partial charge in [-0.2, -0.15) is 0 Å². The number of rotatable bonds is 11. The van der Waals surface area contributed by atoms with Crippen LogP contribution in [0.1, 0.15) is 34.4 Å². The van der Waals surface area contributed by atoms with Gasteiger partial charge in [0.25, 0.3) is 0 Å². The van der Waals surface area contributed by atoms with Gasteiger partial charge in [0, 0.05) is 23.2 Å². The van der Waals surface area contributed by atoms with Crippen molar-refractivity contribution in [1.29, 1.82) is 0 Å². The number of aryl methyl sites for hydroxylation is 1. The van der Waals surface area contributed by atoms with E-state index in [1.54, 1.807) is 30.3 Å². The van der Waals surface area contributed by atoms with Crippen molar-refractivity contribution in [1.82, 2.24) is 14.3 Å². The predicted molar refractivity (Wildman–Crippen MR) is 162 cm³/mol. The topological polar surface area (TPSA) is 64.0 Å². The molecule has 0 saturated carbocycles. The predicted octanol–water partition coefficient (Wildman–Crippen LogP) is 6.94. The standard InChI is InChI=1S/C33H30ClN3O2S/c34-31-21-19-27(20-22-31)24-36-40(38,39)23-11-10-18-32-25-37(26-35-32)33(28-12-4-1-5-13-28,29-14-6-2-7-15-29)30-16-8-3-9-17-30/h1-9,11-17,19-23,25-26,36H,10,18,24H2. The number of imidazole rings is 1. The summed E-state index contributed by atoms with van der Waals surface area (Å²) in [6.07, 6.45) is 6.74. The van der Waals surface area contributed by atoms with E-state index >= 15 is 0 Å². The Labute approximate surface area is 240 Å². The average molecular weight is 568 g/mol. The van der Waals surface area contributed by atoms with Crippen molar-refractivity contribution >= 4 is 21.6 Å². The molecule has 0 aliphatic heterocycles. The largest absolute Gasteiger partial charge is 0.319 e. The van der Waals surface area contributed by atoms with Crippen LogP contribution in [0.15, 0.2) is 139 Å². The van der Waals surface area contributed by atoms with E-state index in [2.05, 4.69) is 88.3 Å². The lowest BCUT2D eigenvalue weighted by Crippen LogP contribution is -2.36. The van der Waals surface area contributed by atoms with Crippen molar-refractivity contribution in [2.75, 3.05) is 0 Å². The molecule has 202 valence electrons. The van der Waals surface area contributed by atoms with Gasteiger partial charge in [0.1, 0.15) is 5.54 Å². The van der Waals surface area contributed by atoms with Gasteiger partial charge < -0.3 is 4.57 Å². The van der Waals surface area contributed by atoms with E-state index in [1.807, 2.05) is 24.5 Å². The van der Waals surface area contributed by atoms with Crippen LogP contribution in [0.25, 0.3) is 0 Å². The van der Waals surface area contributed by atoms with Gasteiger partial charge in [-0.1, -0.05) is 121 Å². The van der Waals surface area contributed by atoms with Crippen LogP contribution in [0.2, 0.25) is 5.02 Å². The van der Waals surface area contributed by atoms with Crippen molar-refractivity contribution in [3.63, 3.8) is 0 Å². The highest BCUT2D eigenvalue weighted by atomic mass is 35.5. The smallest absolute Gasteiger partial charge is 0.233 e. The summed E-state index contributed by atoms with van der Waals surface area (Å²) in [5, 5.41) is 1.84. The summed E-state index contributed by atoms with van der Waals surface area (Å²) in [6, 6.07) is 38.3. The Kier molecular flexibility index (Phi) is 8.60. The summed E-state index contributed by atoms with van der Waals surface area (Å²) in [5.41, 5.74) is 4.45. The molecule has 0 spiro atoms. The molecule has 0 bridgehead atoms. The Hall–Kier alpha value is -3.97. The molecule has 5 nitrogen and oxygen atoms in total. The number of aromatic nitrogens is 2. The van der Waals surface area contributed by atoms with Gasteiger partial charge in [-0.15, -0.1) is 0 Å². The quantitative estimate of drug-likeness (QED) is 0.176. The molecule has 7 heteroatoms. The second-order valence-corrected chi connectivity index (χ2v) is 11.6. The third-order valence-corrected chi connectivity index (χ3v) is 8.18. The van der Waals surface area contributed by atoms with Gasteiger partial charge >= 0.3 is 0 Å². The third kappa shape index (κ3) is 6.26. The van der Waals surface area contributed by atoms with E-state index in [0.717, 1.165) is 27.9 Å². The molecule has 4 aromatic carbocycles. The lowest BCUT2D eigenvalue weighted by Gasteiger charge is -2.37. The maximum atomic E-state index is 12.4. The van der Waals surface area contributed by atoms with Crippen LogP contribution in [0.4, 0.5) is 0 Å². The van der Waals surface area contributed by atoms with Crippen LogP contribution in [0, 0.1) is 0 Å². The molecular formula is C33H30ClN3O2S. The summed E-state index contributed by atoms with van der Waals surface area (Å²) >= 11 is 5.90. The Morgan fingerprint density at radius 3 is 1.82 bits per heavy atom. The molecule has 40 heavy (non-hydrogen) atoms. The molecule has 0 aliphatic rings. The van der Waals surface area contributed by atoms with Crippen LogP contribution in [-0.4, -0.2) is 18.0 Å². The Bertz CT molecular complexity index is 1550. The van der Waals surface area contributed by atoms with Crippen LogP contribution >= 0.6 is 11.6 Å². The van der Waals surface area contributed by atoms with E-state index < -0.39 is 15.6 Å². The molecule has 5 rings (SSSR count). The maximum absolute atomic E-state index is 12.4. The van der Waals surface area contributed by atoms with Gasteiger partial charge in [0.05, 0.1) is 12.0 Å². The Morgan fingerprint density at radius 1 is 0.775 bits per heavy atom. The molecule has 0 atom stereocenters. The molecule has 0 fully saturated rings. The lowest BCUT2D eigenvalue weighted by molar-refractivity contribution is 0.514. The zero-order valence-corrected chi connectivity index (χ0v) is 23.5. The summed E-state index contributed by atoms with van der Waals surface area (Å²) in [5.74, 6) is 0. The van der Waals surface area contributed by atoms with Crippen molar-refractivity contribution in [3.8, 4) is 0 Å². The highest BCUT2D eigenvalue weighted by Crippen LogP contribution is 2.40. The minimum absolute atomic E-state index is 0.203. The second-order valence-electron chi connectivity index (χ2n) is 9.48. The Balaban J connectivity index is 1.37. The molecule has 1 heterocycles. The lowest BCUT2D eigenvalue weighted by atomic mass is 9.77. The maximum Gasteiger partial charge on any atom is 0.233 e. The van der Waals surface area contributed by atoms with Crippen LogP contribution in [0.5, 0.6) is 0 Å². The number of halogens is 1. The zero-order valence-electron chi connectivity index (χ0n) is 21.9. The SMILES string of the molecule is O=S(=O)(C=CCCc1cn(C(c2ccccc2)(c2ccccc2)c2ccccc2)cn1)NCc1ccc(Cl)cc1. The molecule has 0 radical (unpaired) electrons. The number of sulfonamides is 1. The van der Waals surface area contributed by atoms with Crippen molar-refractivity contribution in [2.24, 2.45) is 0 Å². The normalized spacial score (nSPS) is 12.1.